The van der Waals surface area contributed by atoms with E-state index in [2.05, 4.69) is 32.6 Å². The van der Waals surface area contributed by atoms with E-state index in [1.807, 2.05) is 36.4 Å². The third-order valence-corrected chi connectivity index (χ3v) is 5.18. The molecule has 26 heavy (non-hydrogen) atoms. The zero-order chi connectivity index (χ0) is 18.5. The van der Waals surface area contributed by atoms with Crippen LogP contribution in [-0.4, -0.2) is 11.9 Å². The van der Waals surface area contributed by atoms with Gasteiger partial charge in [-0.2, -0.15) is 0 Å². The van der Waals surface area contributed by atoms with Gasteiger partial charge in [-0.3, -0.25) is 4.79 Å². The van der Waals surface area contributed by atoms with Gasteiger partial charge in [0.2, 0.25) is 5.91 Å². The number of nitrogens with one attached hydrogen (secondary N) is 2. The van der Waals surface area contributed by atoms with E-state index in [-0.39, 0.29) is 12.3 Å². The van der Waals surface area contributed by atoms with Crippen molar-refractivity contribution in [3.63, 3.8) is 0 Å². The Morgan fingerprint density at radius 1 is 1.08 bits per heavy atom. The summed E-state index contributed by atoms with van der Waals surface area (Å²) in [5.74, 6) is -0.148. The summed E-state index contributed by atoms with van der Waals surface area (Å²) < 4.78 is 0.930. The van der Waals surface area contributed by atoms with Gasteiger partial charge in [0.15, 0.2) is 0 Å². The minimum Gasteiger partial charge on any atom is -0.352 e. The molecule has 0 heterocycles. The number of urea groups is 1. The summed E-state index contributed by atoms with van der Waals surface area (Å²) in [5.41, 5.74) is 9.54. The Hall–Kier alpha value is -2.34. The van der Waals surface area contributed by atoms with Gasteiger partial charge in [-0.05, 0) is 60.6 Å². The largest absolute Gasteiger partial charge is 0.352 e. The van der Waals surface area contributed by atoms with Gasteiger partial charge >= 0.3 is 6.03 Å². The van der Waals surface area contributed by atoms with Crippen LogP contribution in [0.2, 0.25) is 0 Å². The third kappa shape index (κ3) is 4.64. The Morgan fingerprint density at radius 3 is 2.54 bits per heavy atom. The predicted octanol–water partition coefficient (Wildman–Crippen LogP) is 4.07. The number of amides is 3. The second-order valence-corrected chi connectivity index (χ2v) is 7.43. The van der Waals surface area contributed by atoms with Crippen LogP contribution in [0.4, 0.5) is 10.5 Å². The molecule has 5 nitrogen and oxygen atoms in total. The highest BCUT2D eigenvalue weighted by Gasteiger charge is 2.19. The SMILES string of the molecule is NC(=O)N[C@H](CC(=O)Nc1cccc2c1CCCC2)c1ccc(Br)cc1. The van der Waals surface area contributed by atoms with E-state index in [4.69, 9.17) is 5.73 Å². The normalized spacial score (nSPS) is 14.2. The van der Waals surface area contributed by atoms with Crippen molar-refractivity contribution in [1.82, 2.24) is 5.32 Å². The molecule has 0 fully saturated rings. The van der Waals surface area contributed by atoms with Crippen LogP contribution in [0.3, 0.4) is 0 Å². The number of halogens is 1. The monoisotopic (exact) mass is 415 g/mol. The van der Waals surface area contributed by atoms with E-state index in [0.717, 1.165) is 35.0 Å². The maximum absolute atomic E-state index is 12.6. The number of rotatable bonds is 5. The lowest BCUT2D eigenvalue weighted by Gasteiger charge is -2.21. The van der Waals surface area contributed by atoms with Crippen LogP contribution in [0.15, 0.2) is 46.9 Å². The molecule has 0 unspecified atom stereocenters. The topological polar surface area (TPSA) is 84.2 Å². The van der Waals surface area contributed by atoms with Crippen LogP contribution in [0.1, 0.15) is 42.0 Å². The minimum atomic E-state index is -0.650. The zero-order valence-corrected chi connectivity index (χ0v) is 16.0. The standard InChI is InChI=1S/C20H22BrN3O2/c21-15-10-8-14(9-11-15)18(24-20(22)26)12-19(25)23-17-7-3-5-13-4-1-2-6-16(13)17/h3,5,7-11,18H,1-2,4,6,12H2,(H,23,25)(H3,22,24,26)/t18-/m1/s1. The van der Waals surface area contributed by atoms with Crippen molar-refractivity contribution in [3.05, 3.63) is 63.6 Å². The highest BCUT2D eigenvalue weighted by molar-refractivity contribution is 9.10. The first kappa shape index (κ1) is 18.5. The quantitative estimate of drug-likeness (QED) is 0.687. The lowest BCUT2D eigenvalue weighted by molar-refractivity contribution is -0.116. The fourth-order valence-corrected chi connectivity index (χ4v) is 3.67. The van der Waals surface area contributed by atoms with Crippen molar-refractivity contribution in [1.29, 1.82) is 0 Å². The molecular formula is C20H22BrN3O2. The molecule has 0 spiro atoms. The number of fused-ring (bicyclic) bond motifs is 1. The average Bonchev–Trinajstić information content (AvgIpc) is 2.62. The zero-order valence-electron chi connectivity index (χ0n) is 14.4. The van der Waals surface area contributed by atoms with Gasteiger partial charge in [0.1, 0.15) is 0 Å². The summed E-state index contributed by atoms with van der Waals surface area (Å²) in [6.07, 6.45) is 4.50. The van der Waals surface area contributed by atoms with Crippen molar-refractivity contribution in [2.75, 3.05) is 5.32 Å². The van der Waals surface area contributed by atoms with Gasteiger partial charge in [-0.1, -0.05) is 40.2 Å². The van der Waals surface area contributed by atoms with Crippen LogP contribution in [0.25, 0.3) is 0 Å². The van der Waals surface area contributed by atoms with Crippen molar-refractivity contribution < 1.29 is 9.59 Å². The number of hydrogen-bond donors (Lipinski definition) is 3. The number of nitrogens with two attached hydrogens (primary N) is 1. The first-order valence-electron chi connectivity index (χ1n) is 8.75. The summed E-state index contributed by atoms with van der Waals surface area (Å²) >= 11 is 3.38. The van der Waals surface area contributed by atoms with E-state index >= 15 is 0 Å². The number of carbonyl (C=O) groups is 2. The van der Waals surface area contributed by atoms with E-state index < -0.39 is 12.1 Å². The molecule has 6 heteroatoms. The first-order valence-corrected chi connectivity index (χ1v) is 9.54. The van der Waals surface area contributed by atoms with Crippen LogP contribution in [-0.2, 0) is 17.6 Å². The summed E-state index contributed by atoms with van der Waals surface area (Å²) in [5, 5.41) is 5.67. The Morgan fingerprint density at radius 2 is 1.81 bits per heavy atom. The van der Waals surface area contributed by atoms with E-state index in [1.165, 1.54) is 17.5 Å². The van der Waals surface area contributed by atoms with E-state index in [1.54, 1.807) is 0 Å². The fourth-order valence-electron chi connectivity index (χ4n) is 3.40. The lowest BCUT2D eigenvalue weighted by atomic mass is 9.90. The molecule has 3 rings (SSSR count). The summed E-state index contributed by atoms with van der Waals surface area (Å²) in [6.45, 7) is 0. The molecule has 0 aromatic heterocycles. The number of benzene rings is 2. The lowest BCUT2D eigenvalue weighted by Crippen LogP contribution is -2.35. The van der Waals surface area contributed by atoms with Crippen molar-refractivity contribution in [2.24, 2.45) is 5.73 Å². The molecule has 0 aliphatic heterocycles. The molecule has 2 aromatic carbocycles. The van der Waals surface area contributed by atoms with Crippen molar-refractivity contribution >= 4 is 33.6 Å². The van der Waals surface area contributed by atoms with Gasteiger partial charge in [0.05, 0.1) is 12.5 Å². The van der Waals surface area contributed by atoms with E-state index in [0.29, 0.717) is 0 Å². The smallest absolute Gasteiger partial charge is 0.312 e. The maximum atomic E-state index is 12.6. The number of hydrogen-bond acceptors (Lipinski definition) is 2. The molecule has 0 bridgehead atoms. The second kappa shape index (κ2) is 8.36. The molecule has 3 amide bonds. The molecule has 0 radical (unpaired) electrons. The Labute approximate surface area is 161 Å². The number of aryl methyl sites for hydroxylation is 1. The summed E-state index contributed by atoms with van der Waals surface area (Å²) in [6, 6.07) is 12.4. The number of anilines is 1. The Bertz CT molecular complexity index is 805. The van der Waals surface area contributed by atoms with Gasteiger partial charge < -0.3 is 16.4 Å². The molecule has 0 saturated heterocycles. The van der Waals surface area contributed by atoms with Crippen LogP contribution in [0.5, 0.6) is 0 Å². The third-order valence-electron chi connectivity index (χ3n) is 4.65. The van der Waals surface area contributed by atoms with Gasteiger partial charge in [-0.15, -0.1) is 0 Å². The Balaban J connectivity index is 1.74. The van der Waals surface area contributed by atoms with Crippen LogP contribution in [0, 0.1) is 0 Å². The van der Waals surface area contributed by atoms with Gasteiger partial charge in [0, 0.05) is 10.2 Å². The van der Waals surface area contributed by atoms with Crippen LogP contribution >= 0.6 is 15.9 Å². The molecule has 2 aromatic rings. The van der Waals surface area contributed by atoms with Crippen LogP contribution < -0.4 is 16.4 Å². The summed E-state index contributed by atoms with van der Waals surface area (Å²) in [7, 11) is 0. The highest BCUT2D eigenvalue weighted by Crippen LogP contribution is 2.28. The maximum Gasteiger partial charge on any atom is 0.312 e. The van der Waals surface area contributed by atoms with E-state index in [9.17, 15) is 9.59 Å². The minimum absolute atomic E-state index is 0.119. The molecule has 1 aliphatic carbocycles. The molecule has 136 valence electrons. The predicted molar refractivity (Wildman–Crippen MR) is 106 cm³/mol. The second-order valence-electron chi connectivity index (χ2n) is 6.52. The fraction of sp³-hybridized carbons (Fsp3) is 0.300. The van der Waals surface area contributed by atoms with Gasteiger partial charge in [-0.25, -0.2) is 4.79 Å². The van der Waals surface area contributed by atoms with Crippen molar-refractivity contribution in [2.45, 2.75) is 38.1 Å². The molecule has 4 N–H and O–H groups in total. The average molecular weight is 416 g/mol. The van der Waals surface area contributed by atoms with Crippen molar-refractivity contribution in [3.8, 4) is 0 Å². The molecule has 0 saturated carbocycles. The summed E-state index contributed by atoms with van der Waals surface area (Å²) in [4.78, 5) is 24.0. The number of carbonyl (C=O) groups excluding carboxylic acids is 2. The first-order chi connectivity index (χ1) is 12.5. The number of primary amides is 1. The molecule has 1 atom stereocenters. The Kier molecular flexibility index (Phi) is 5.93. The van der Waals surface area contributed by atoms with Gasteiger partial charge in [0.25, 0.3) is 0 Å². The molecular weight excluding hydrogens is 394 g/mol. The highest BCUT2D eigenvalue weighted by atomic mass is 79.9. The molecule has 1 aliphatic rings.